The van der Waals surface area contributed by atoms with Gasteiger partial charge in [-0.25, -0.2) is 9.97 Å². The number of aryl methyl sites for hydroxylation is 1. The molecule has 1 aliphatic carbocycles. The van der Waals surface area contributed by atoms with Crippen LogP contribution < -0.4 is 15.5 Å². The van der Waals surface area contributed by atoms with Gasteiger partial charge in [0.2, 0.25) is 0 Å². The van der Waals surface area contributed by atoms with E-state index in [-0.39, 0.29) is 24.1 Å². The molecular formula is C28H32N6O2S. The first-order chi connectivity index (χ1) is 17.9. The van der Waals surface area contributed by atoms with Crippen LogP contribution in [0.1, 0.15) is 76.5 Å². The number of carbonyl (C=O) groups is 1. The molecule has 2 aromatic heterocycles. The maximum atomic E-state index is 13.5. The number of hydrogen-bond acceptors (Lipinski definition) is 8. The fourth-order valence-corrected chi connectivity index (χ4v) is 5.86. The molecule has 3 heterocycles. The van der Waals surface area contributed by atoms with Crippen molar-refractivity contribution in [3.8, 4) is 6.07 Å². The molecule has 1 saturated heterocycles. The summed E-state index contributed by atoms with van der Waals surface area (Å²) in [5.41, 5.74) is 3.77. The van der Waals surface area contributed by atoms with E-state index in [4.69, 9.17) is 4.98 Å². The van der Waals surface area contributed by atoms with E-state index in [1.807, 2.05) is 13.0 Å². The van der Waals surface area contributed by atoms with Crippen molar-refractivity contribution < 1.29 is 9.90 Å². The zero-order valence-corrected chi connectivity index (χ0v) is 22.0. The van der Waals surface area contributed by atoms with Crippen molar-refractivity contribution in [2.45, 2.75) is 70.6 Å². The molecule has 1 unspecified atom stereocenters. The van der Waals surface area contributed by atoms with Crippen LogP contribution in [-0.4, -0.2) is 39.7 Å². The van der Waals surface area contributed by atoms with Crippen molar-refractivity contribution in [1.29, 1.82) is 5.26 Å². The first-order valence-electron chi connectivity index (χ1n) is 12.9. The second-order valence-corrected chi connectivity index (χ2v) is 11.0. The molecule has 1 saturated carbocycles. The van der Waals surface area contributed by atoms with Gasteiger partial charge in [0.25, 0.3) is 5.91 Å². The fourth-order valence-electron chi connectivity index (χ4n) is 5.24. The minimum absolute atomic E-state index is 0.0487. The lowest BCUT2D eigenvalue weighted by molar-refractivity contribution is 0.0867. The third kappa shape index (κ3) is 5.60. The Kier molecular flexibility index (Phi) is 7.40. The van der Waals surface area contributed by atoms with Crippen LogP contribution in [0.3, 0.4) is 0 Å². The number of anilines is 3. The molecule has 2 aliphatic rings. The molecule has 3 N–H and O–H groups in total. The van der Waals surface area contributed by atoms with Crippen LogP contribution in [0.2, 0.25) is 0 Å². The van der Waals surface area contributed by atoms with Crippen LogP contribution in [0.4, 0.5) is 16.8 Å². The average Bonchev–Trinajstić information content (AvgIpc) is 3.57. The SMILES string of the molecule is Cc1ccc(C2CCCN2c2cc(C(=O)NC3CCC(O)CC3)c(C)c(Nc3ncc(C#N)s3)n2)cc1. The summed E-state index contributed by atoms with van der Waals surface area (Å²) in [7, 11) is 0. The molecule has 9 heteroatoms. The Morgan fingerprint density at radius 1 is 1.16 bits per heavy atom. The normalized spacial score (nSPS) is 21.5. The standard InChI is InChI=1S/C28H32N6O2S/c1-17-5-7-19(8-6-17)24-4-3-13-34(24)25-14-23(27(36)31-20-9-11-21(35)12-10-20)18(2)26(32-25)33-28-30-16-22(15-29)37-28/h5-8,14,16,20-21,24,35H,3-4,9-13H2,1-2H3,(H,31,36)(H,30,32,33). The number of aliphatic hydroxyl groups is 1. The molecular weight excluding hydrogens is 484 g/mol. The van der Waals surface area contributed by atoms with Crippen LogP contribution >= 0.6 is 11.3 Å². The van der Waals surface area contributed by atoms with Crippen LogP contribution in [0.5, 0.6) is 0 Å². The Balaban J connectivity index is 1.49. The van der Waals surface area contributed by atoms with Gasteiger partial charge in [-0.05, 0) is 64.0 Å². The zero-order chi connectivity index (χ0) is 25.9. The summed E-state index contributed by atoms with van der Waals surface area (Å²) in [6, 6.07) is 12.9. The van der Waals surface area contributed by atoms with Gasteiger partial charge >= 0.3 is 0 Å². The number of hydrogen-bond donors (Lipinski definition) is 3. The molecule has 0 bridgehead atoms. The van der Waals surface area contributed by atoms with Gasteiger partial charge in [-0.15, -0.1) is 0 Å². The summed E-state index contributed by atoms with van der Waals surface area (Å²) in [5, 5.41) is 26.1. The maximum absolute atomic E-state index is 13.5. The van der Waals surface area contributed by atoms with Gasteiger partial charge in [-0.3, -0.25) is 4.79 Å². The third-order valence-electron chi connectivity index (χ3n) is 7.39. The van der Waals surface area contributed by atoms with E-state index in [1.165, 1.54) is 28.7 Å². The lowest BCUT2D eigenvalue weighted by atomic mass is 9.93. The van der Waals surface area contributed by atoms with Crippen molar-refractivity contribution in [3.05, 3.63) is 63.7 Å². The first-order valence-corrected chi connectivity index (χ1v) is 13.7. The molecule has 1 atom stereocenters. The highest BCUT2D eigenvalue weighted by atomic mass is 32.1. The quantitative estimate of drug-likeness (QED) is 0.415. The maximum Gasteiger partial charge on any atom is 0.252 e. The predicted octanol–water partition coefficient (Wildman–Crippen LogP) is 5.15. The summed E-state index contributed by atoms with van der Waals surface area (Å²) in [6.07, 6.45) is 6.27. The van der Waals surface area contributed by atoms with Crippen LogP contribution in [0.25, 0.3) is 0 Å². The van der Waals surface area contributed by atoms with E-state index < -0.39 is 0 Å². The highest BCUT2D eigenvalue weighted by Crippen LogP contribution is 2.38. The minimum atomic E-state index is -0.274. The first kappa shape index (κ1) is 25.2. The van der Waals surface area contributed by atoms with E-state index in [1.54, 1.807) is 0 Å². The minimum Gasteiger partial charge on any atom is -0.393 e. The monoisotopic (exact) mass is 516 g/mol. The number of thiazole rings is 1. The average molecular weight is 517 g/mol. The number of nitrogens with zero attached hydrogens (tertiary/aromatic N) is 4. The molecule has 1 aliphatic heterocycles. The van der Waals surface area contributed by atoms with Crippen molar-refractivity contribution in [2.24, 2.45) is 0 Å². The summed E-state index contributed by atoms with van der Waals surface area (Å²) >= 11 is 1.26. The highest BCUT2D eigenvalue weighted by molar-refractivity contribution is 7.16. The van der Waals surface area contributed by atoms with Gasteiger partial charge in [-0.2, -0.15) is 5.26 Å². The number of amides is 1. The third-order valence-corrected chi connectivity index (χ3v) is 8.20. The second-order valence-electron chi connectivity index (χ2n) is 10.0. The molecule has 1 aromatic carbocycles. The number of carbonyl (C=O) groups excluding carboxylic acids is 1. The lowest BCUT2D eigenvalue weighted by Gasteiger charge is -2.29. The van der Waals surface area contributed by atoms with E-state index in [0.717, 1.165) is 43.6 Å². The molecule has 192 valence electrons. The molecule has 0 radical (unpaired) electrons. The molecule has 2 fully saturated rings. The Hall–Kier alpha value is -3.48. The van der Waals surface area contributed by atoms with Gasteiger partial charge in [0.1, 0.15) is 22.6 Å². The number of pyridine rings is 1. The van der Waals surface area contributed by atoms with Gasteiger partial charge in [0, 0.05) is 23.7 Å². The molecule has 8 nitrogen and oxygen atoms in total. The summed E-state index contributed by atoms with van der Waals surface area (Å²) < 4.78 is 0. The summed E-state index contributed by atoms with van der Waals surface area (Å²) in [4.78, 5) is 25.6. The Labute approximate surface area is 221 Å². The van der Waals surface area contributed by atoms with Gasteiger partial charge in [0.05, 0.1) is 18.3 Å². The molecule has 37 heavy (non-hydrogen) atoms. The van der Waals surface area contributed by atoms with Gasteiger partial charge in [0.15, 0.2) is 5.13 Å². The van der Waals surface area contributed by atoms with Crippen molar-refractivity contribution in [1.82, 2.24) is 15.3 Å². The van der Waals surface area contributed by atoms with Crippen molar-refractivity contribution in [2.75, 3.05) is 16.8 Å². The van der Waals surface area contributed by atoms with E-state index in [9.17, 15) is 15.2 Å². The number of benzene rings is 1. The van der Waals surface area contributed by atoms with Gasteiger partial charge < -0.3 is 20.6 Å². The molecule has 3 aromatic rings. The number of nitrogens with one attached hydrogen (secondary N) is 2. The van der Waals surface area contributed by atoms with Crippen LogP contribution in [-0.2, 0) is 0 Å². The van der Waals surface area contributed by atoms with E-state index in [2.05, 4.69) is 57.8 Å². The zero-order valence-electron chi connectivity index (χ0n) is 21.2. The van der Waals surface area contributed by atoms with Crippen molar-refractivity contribution >= 4 is 34.0 Å². The Bertz CT molecular complexity index is 1310. The smallest absolute Gasteiger partial charge is 0.252 e. The number of nitriles is 1. The fraction of sp³-hybridized carbons (Fsp3) is 0.429. The lowest BCUT2D eigenvalue weighted by Crippen LogP contribution is -2.39. The predicted molar refractivity (Wildman–Crippen MR) is 145 cm³/mol. The van der Waals surface area contributed by atoms with Crippen LogP contribution in [0.15, 0.2) is 36.5 Å². The summed E-state index contributed by atoms with van der Waals surface area (Å²) in [5.74, 6) is 1.18. The Morgan fingerprint density at radius 2 is 1.92 bits per heavy atom. The number of aliphatic hydroxyl groups excluding tert-OH is 1. The highest BCUT2D eigenvalue weighted by Gasteiger charge is 2.30. The molecule has 1 amide bonds. The Morgan fingerprint density at radius 3 is 2.62 bits per heavy atom. The van der Waals surface area contributed by atoms with E-state index >= 15 is 0 Å². The molecule has 5 rings (SSSR count). The number of aromatic nitrogens is 2. The largest absolute Gasteiger partial charge is 0.393 e. The summed E-state index contributed by atoms with van der Waals surface area (Å²) in [6.45, 7) is 4.83. The van der Waals surface area contributed by atoms with Crippen molar-refractivity contribution in [3.63, 3.8) is 0 Å². The van der Waals surface area contributed by atoms with E-state index in [0.29, 0.717) is 34.2 Å². The second kappa shape index (κ2) is 10.9. The van der Waals surface area contributed by atoms with Crippen LogP contribution in [0, 0.1) is 25.2 Å². The number of rotatable bonds is 6. The molecule has 0 spiro atoms. The topological polar surface area (TPSA) is 114 Å². The van der Waals surface area contributed by atoms with Gasteiger partial charge in [-0.1, -0.05) is 41.2 Å².